The fourth-order valence-electron chi connectivity index (χ4n) is 1.81. The Morgan fingerprint density at radius 1 is 1.00 bits per heavy atom. The van der Waals surface area contributed by atoms with Crippen LogP contribution in [0.25, 0.3) is 0 Å². The minimum atomic E-state index is -3.43. The van der Waals surface area contributed by atoms with Crippen LogP contribution < -0.4 is 5.32 Å². The van der Waals surface area contributed by atoms with Crippen molar-refractivity contribution in [2.24, 2.45) is 5.41 Å². The second-order valence-electron chi connectivity index (χ2n) is 6.36. The van der Waals surface area contributed by atoms with Gasteiger partial charge in [0.2, 0.25) is 0 Å². The standard InChI is InChI=1S/C16H21N3O2S.C2H6/c1-16(2,3)12-19-13-5-7-14(8-6-13)22(20,21)11-15-17-9-4-10-18-15;1-2/h4-10,19H,11-12H2,1-3H3;1-2H3. The minimum Gasteiger partial charge on any atom is -0.385 e. The second-order valence-corrected chi connectivity index (χ2v) is 8.35. The predicted molar refractivity (Wildman–Crippen MR) is 98.7 cm³/mol. The van der Waals surface area contributed by atoms with Gasteiger partial charge in [-0.15, -0.1) is 0 Å². The molecule has 0 unspecified atom stereocenters. The first-order valence-electron chi connectivity index (χ1n) is 8.09. The molecule has 0 saturated carbocycles. The molecule has 0 aliphatic rings. The van der Waals surface area contributed by atoms with Crippen LogP contribution in [0.5, 0.6) is 0 Å². The Hall–Kier alpha value is -1.95. The van der Waals surface area contributed by atoms with Crippen LogP contribution in [0.2, 0.25) is 0 Å². The van der Waals surface area contributed by atoms with Crippen LogP contribution in [-0.2, 0) is 15.6 Å². The number of benzene rings is 1. The fraction of sp³-hybridized carbons (Fsp3) is 0.444. The third-order valence-electron chi connectivity index (χ3n) is 2.97. The quantitative estimate of drug-likeness (QED) is 0.885. The molecule has 1 heterocycles. The Morgan fingerprint density at radius 3 is 2.04 bits per heavy atom. The summed E-state index contributed by atoms with van der Waals surface area (Å²) < 4.78 is 24.7. The molecule has 6 heteroatoms. The van der Waals surface area contributed by atoms with E-state index in [1.807, 2.05) is 13.8 Å². The number of nitrogens with zero attached hydrogens (tertiary/aromatic N) is 2. The van der Waals surface area contributed by atoms with Gasteiger partial charge in [-0.25, -0.2) is 18.4 Å². The Bertz CT molecular complexity index is 706. The highest BCUT2D eigenvalue weighted by Gasteiger charge is 2.17. The van der Waals surface area contributed by atoms with Gasteiger partial charge in [0.1, 0.15) is 11.6 Å². The maximum Gasteiger partial charge on any atom is 0.185 e. The SMILES string of the molecule is CC.CC(C)(C)CNc1ccc(S(=O)(=O)Cc2ncccn2)cc1. The number of hydrogen-bond acceptors (Lipinski definition) is 5. The molecular formula is C18H27N3O2S. The molecule has 132 valence electrons. The zero-order valence-corrected chi connectivity index (χ0v) is 15.9. The maximum absolute atomic E-state index is 12.3. The highest BCUT2D eigenvalue weighted by Crippen LogP contribution is 2.19. The summed E-state index contributed by atoms with van der Waals surface area (Å²) in [6, 6.07) is 8.45. The van der Waals surface area contributed by atoms with E-state index in [0.717, 1.165) is 12.2 Å². The van der Waals surface area contributed by atoms with Gasteiger partial charge in [0.05, 0.1) is 4.90 Å². The normalized spacial score (nSPS) is 11.4. The van der Waals surface area contributed by atoms with Crippen molar-refractivity contribution in [3.05, 3.63) is 48.5 Å². The van der Waals surface area contributed by atoms with E-state index in [4.69, 9.17) is 0 Å². The van der Waals surface area contributed by atoms with Crippen LogP contribution in [0.4, 0.5) is 5.69 Å². The molecule has 0 radical (unpaired) electrons. The molecule has 0 atom stereocenters. The van der Waals surface area contributed by atoms with Crippen molar-refractivity contribution < 1.29 is 8.42 Å². The smallest absolute Gasteiger partial charge is 0.185 e. The molecule has 0 saturated heterocycles. The largest absolute Gasteiger partial charge is 0.385 e. The third-order valence-corrected chi connectivity index (χ3v) is 4.60. The minimum absolute atomic E-state index is 0.162. The number of aromatic nitrogens is 2. The molecule has 0 amide bonds. The second kappa shape index (κ2) is 8.78. The highest BCUT2D eigenvalue weighted by atomic mass is 32.2. The van der Waals surface area contributed by atoms with Gasteiger partial charge in [-0.3, -0.25) is 0 Å². The highest BCUT2D eigenvalue weighted by molar-refractivity contribution is 7.90. The van der Waals surface area contributed by atoms with Gasteiger partial charge < -0.3 is 5.32 Å². The zero-order chi connectivity index (χ0) is 18.2. The number of sulfone groups is 1. The summed E-state index contributed by atoms with van der Waals surface area (Å²) in [6.07, 6.45) is 3.08. The van der Waals surface area contributed by atoms with Crippen LogP contribution in [0.1, 0.15) is 40.4 Å². The van der Waals surface area contributed by atoms with E-state index in [2.05, 4.69) is 36.1 Å². The molecule has 0 spiro atoms. The van der Waals surface area contributed by atoms with Crippen molar-refractivity contribution >= 4 is 15.5 Å². The third kappa shape index (κ3) is 6.66. The molecule has 5 nitrogen and oxygen atoms in total. The van der Waals surface area contributed by atoms with Gasteiger partial charge in [-0.2, -0.15) is 0 Å². The van der Waals surface area contributed by atoms with E-state index in [1.165, 1.54) is 12.4 Å². The van der Waals surface area contributed by atoms with Crippen LogP contribution in [0, 0.1) is 5.41 Å². The maximum atomic E-state index is 12.3. The molecule has 0 aliphatic carbocycles. The summed E-state index contributed by atoms with van der Waals surface area (Å²) in [7, 11) is -3.43. The van der Waals surface area contributed by atoms with Gasteiger partial charge >= 0.3 is 0 Å². The van der Waals surface area contributed by atoms with Crippen LogP contribution in [-0.4, -0.2) is 24.9 Å². The number of anilines is 1. The van der Waals surface area contributed by atoms with E-state index in [1.54, 1.807) is 30.3 Å². The molecule has 1 aromatic heterocycles. The van der Waals surface area contributed by atoms with Crippen LogP contribution >= 0.6 is 0 Å². The zero-order valence-electron chi connectivity index (χ0n) is 15.1. The van der Waals surface area contributed by atoms with Crippen LogP contribution in [0.15, 0.2) is 47.6 Å². The van der Waals surface area contributed by atoms with Gasteiger partial charge in [0.25, 0.3) is 0 Å². The molecule has 1 aromatic carbocycles. The Kier molecular flexibility index (Phi) is 7.35. The van der Waals surface area contributed by atoms with Gasteiger partial charge in [-0.1, -0.05) is 34.6 Å². The topological polar surface area (TPSA) is 72.0 Å². The Balaban J connectivity index is 0.00000139. The molecule has 1 N–H and O–H groups in total. The van der Waals surface area contributed by atoms with Crippen molar-refractivity contribution in [2.45, 2.75) is 45.3 Å². The molecular weight excluding hydrogens is 322 g/mol. The average Bonchev–Trinajstić information content (AvgIpc) is 2.55. The molecule has 0 fully saturated rings. The van der Waals surface area contributed by atoms with Crippen molar-refractivity contribution in [3.63, 3.8) is 0 Å². The first-order valence-corrected chi connectivity index (χ1v) is 9.74. The molecule has 2 rings (SSSR count). The van der Waals surface area contributed by atoms with Crippen molar-refractivity contribution in [1.82, 2.24) is 9.97 Å². The van der Waals surface area contributed by atoms with Gasteiger partial charge in [-0.05, 0) is 35.7 Å². The van der Waals surface area contributed by atoms with E-state index in [0.29, 0.717) is 5.82 Å². The van der Waals surface area contributed by atoms with Gasteiger partial charge in [0.15, 0.2) is 9.84 Å². The lowest BCUT2D eigenvalue weighted by Gasteiger charge is -2.19. The van der Waals surface area contributed by atoms with Crippen molar-refractivity contribution in [3.8, 4) is 0 Å². The van der Waals surface area contributed by atoms with E-state index in [-0.39, 0.29) is 16.1 Å². The van der Waals surface area contributed by atoms with Crippen molar-refractivity contribution in [2.75, 3.05) is 11.9 Å². The lowest BCUT2D eigenvalue weighted by atomic mass is 9.97. The summed E-state index contributed by atoms with van der Waals surface area (Å²) in [5, 5.41) is 3.29. The first kappa shape index (κ1) is 20.1. The summed E-state index contributed by atoms with van der Waals surface area (Å²) in [6.45, 7) is 11.2. The number of nitrogens with one attached hydrogen (secondary N) is 1. The lowest BCUT2D eigenvalue weighted by Crippen LogP contribution is -2.19. The summed E-state index contributed by atoms with van der Waals surface area (Å²) in [5.41, 5.74) is 1.07. The van der Waals surface area contributed by atoms with Crippen molar-refractivity contribution in [1.29, 1.82) is 0 Å². The fourth-order valence-corrected chi connectivity index (χ4v) is 3.01. The van der Waals surface area contributed by atoms with Crippen LogP contribution in [0.3, 0.4) is 0 Å². The van der Waals surface area contributed by atoms with E-state index in [9.17, 15) is 8.42 Å². The molecule has 2 aromatic rings. The van der Waals surface area contributed by atoms with E-state index < -0.39 is 9.84 Å². The first-order chi connectivity index (χ1) is 11.3. The summed E-state index contributed by atoms with van der Waals surface area (Å²) in [4.78, 5) is 8.20. The molecule has 0 aliphatic heterocycles. The molecule has 24 heavy (non-hydrogen) atoms. The number of rotatable bonds is 5. The summed E-state index contributed by atoms with van der Waals surface area (Å²) >= 11 is 0. The molecule has 0 bridgehead atoms. The van der Waals surface area contributed by atoms with Gasteiger partial charge in [0, 0.05) is 24.6 Å². The number of hydrogen-bond donors (Lipinski definition) is 1. The Morgan fingerprint density at radius 2 is 1.54 bits per heavy atom. The lowest BCUT2D eigenvalue weighted by molar-refractivity contribution is 0.443. The monoisotopic (exact) mass is 349 g/mol. The Labute approximate surface area is 145 Å². The predicted octanol–water partition coefficient (Wildman–Crippen LogP) is 3.93. The summed E-state index contributed by atoms with van der Waals surface area (Å²) in [5.74, 6) is 0.111. The van der Waals surface area contributed by atoms with E-state index >= 15 is 0 Å². The average molecular weight is 350 g/mol.